The zero-order valence-electron chi connectivity index (χ0n) is 19.6. The number of carbonyl (C=O) groups is 1. The van der Waals surface area contributed by atoms with Crippen LogP contribution in [0.2, 0.25) is 5.02 Å². The normalized spacial score (nSPS) is 16.0. The Morgan fingerprint density at radius 1 is 1.17 bits per heavy atom. The third-order valence-electron chi connectivity index (χ3n) is 6.55. The van der Waals surface area contributed by atoms with Gasteiger partial charge in [-0.25, -0.2) is 13.8 Å². The monoisotopic (exact) mass is 508 g/mol. The number of fused-ring (bicyclic) bond motifs is 3. The Kier molecular flexibility index (Phi) is 5.19. The van der Waals surface area contributed by atoms with Gasteiger partial charge in [-0.1, -0.05) is 23.7 Å². The van der Waals surface area contributed by atoms with Gasteiger partial charge in [0.15, 0.2) is 0 Å². The molecule has 184 valence electrons. The lowest BCUT2D eigenvalue weighted by Crippen LogP contribution is -2.25. The second kappa shape index (κ2) is 8.20. The molecule has 1 fully saturated rings. The summed E-state index contributed by atoms with van der Waals surface area (Å²) in [4.78, 5) is 21.1. The Bertz CT molecular complexity index is 1520. The predicted octanol–water partition coefficient (Wildman–Crippen LogP) is 7.08. The van der Waals surface area contributed by atoms with E-state index in [1.807, 2.05) is 13.8 Å². The number of nitrogens with one attached hydrogen (secondary N) is 3. The van der Waals surface area contributed by atoms with Gasteiger partial charge in [-0.15, -0.1) is 0 Å². The molecule has 6 nitrogen and oxygen atoms in total. The Labute approximate surface area is 211 Å². The first-order valence-electron chi connectivity index (χ1n) is 11.7. The third-order valence-corrected chi connectivity index (χ3v) is 6.87. The van der Waals surface area contributed by atoms with Crippen LogP contribution >= 0.6 is 11.6 Å². The van der Waals surface area contributed by atoms with E-state index in [9.17, 15) is 13.6 Å². The fraction of sp³-hybridized carbons (Fsp3) is 0.259. The van der Waals surface area contributed by atoms with Crippen molar-refractivity contribution in [3.8, 4) is 5.75 Å². The van der Waals surface area contributed by atoms with Crippen LogP contribution in [-0.4, -0.2) is 21.5 Å². The lowest BCUT2D eigenvalue weighted by atomic mass is 9.98. The number of anilines is 3. The van der Waals surface area contributed by atoms with Gasteiger partial charge in [-0.3, -0.25) is 4.79 Å². The van der Waals surface area contributed by atoms with E-state index in [0.717, 1.165) is 24.0 Å². The summed E-state index contributed by atoms with van der Waals surface area (Å²) in [6.07, 6.45) is 2.66. The summed E-state index contributed by atoms with van der Waals surface area (Å²) >= 11 is 6.15. The first-order chi connectivity index (χ1) is 17.2. The third kappa shape index (κ3) is 4.05. The molecule has 9 heteroatoms. The lowest BCUT2D eigenvalue weighted by molar-refractivity contribution is 0.101. The van der Waals surface area contributed by atoms with Crippen molar-refractivity contribution >= 4 is 45.9 Å². The van der Waals surface area contributed by atoms with Crippen molar-refractivity contribution in [1.82, 2.24) is 9.97 Å². The number of aromatic nitrogens is 2. The van der Waals surface area contributed by atoms with E-state index in [2.05, 4.69) is 20.6 Å². The first-order valence-corrected chi connectivity index (χ1v) is 12.1. The van der Waals surface area contributed by atoms with Crippen LogP contribution in [0.25, 0.3) is 11.0 Å². The number of aromatic amines is 1. The van der Waals surface area contributed by atoms with Crippen molar-refractivity contribution < 1.29 is 18.3 Å². The minimum atomic E-state index is -0.559. The molecule has 36 heavy (non-hydrogen) atoms. The highest BCUT2D eigenvalue weighted by molar-refractivity contribution is 6.33. The van der Waals surface area contributed by atoms with Gasteiger partial charge < -0.3 is 20.4 Å². The zero-order valence-corrected chi connectivity index (χ0v) is 20.4. The Balaban J connectivity index is 1.39. The molecule has 0 radical (unpaired) electrons. The average Bonchev–Trinajstić information content (AvgIpc) is 3.50. The summed E-state index contributed by atoms with van der Waals surface area (Å²) in [6.45, 7) is 3.85. The summed E-state index contributed by atoms with van der Waals surface area (Å²) in [5.41, 5.74) is 2.86. The molecule has 0 saturated heterocycles. The molecular formula is C27H23ClF2N4O2. The SMILES string of the molecule is CC1(C)Cc2c(c(C(=O)Nc3cc(C4CC4)ccc3F)cc3nc(Nc4c(F)cccc4Cl)[nH]c23)O1. The van der Waals surface area contributed by atoms with Crippen LogP contribution in [-0.2, 0) is 6.42 Å². The lowest BCUT2D eigenvalue weighted by Gasteiger charge is -2.18. The van der Waals surface area contributed by atoms with Crippen molar-refractivity contribution in [3.63, 3.8) is 0 Å². The predicted molar refractivity (Wildman–Crippen MR) is 136 cm³/mol. The molecule has 3 aromatic carbocycles. The molecule has 0 unspecified atom stereocenters. The highest BCUT2D eigenvalue weighted by Gasteiger charge is 2.36. The van der Waals surface area contributed by atoms with Crippen LogP contribution in [0, 0.1) is 11.6 Å². The summed E-state index contributed by atoms with van der Waals surface area (Å²) in [6, 6.07) is 10.8. The number of benzene rings is 3. The van der Waals surface area contributed by atoms with Crippen LogP contribution in [0.3, 0.4) is 0 Å². The van der Waals surface area contributed by atoms with Crippen molar-refractivity contribution in [3.05, 3.63) is 75.8 Å². The largest absolute Gasteiger partial charge is 0.486 e. The van der Waals surface area contributed by atoms with E-state index in [4.69, 9.17) is 16.3 Å². The summed E-state index contributed by atoms with van der Waals surface area (Å²) in [5.74, 6) is -0.406. The molecule has 2 heterocycles. The number of nitrogens with zero attached hydrogens (tertiary/aromatic N) is 1. The smallest absolute Gasteiger partial charge is 0.259 e. The number of hydrogen-bond acceptors (Lipinski definition) is 4. The number of H-pyrrole nitrogens is 1. The van der Waals surface area contributed by atoms with E-state index >= 15 is 0 Å². The Morgan fingerprint density at radius 3 is 2.72 bits per heavy atom. The fourth-order valence-electron chi connectivity index (χ4n) is 4.69. The number of hydrogen-bond donors (Lipinski definition) is 3. The number of ether oxygens (including phenoxy) is 1. The van der Waals surface area contributed by atoms with E-state index in [0.29, 0.717) is 29.1 Å². The highest BCUT2D eigenvalue weighted by atomic mass is 35.5. The van der Waals surface area contributed by atoms with Crippen LogP contribution in [0.1, 0.15) is 54.1 Å². The van der Waals surface area contributed by atoms with Gasteiger partial charge in [-0.05, 0) is 68.5 Å². The van der Waals surface area contributed by atoms with E-state index in [-0.39, 0.29) is 27.9 Å². The quantitative estimate of drug-likeness (QED) is 0.269. The van der Waals surface area contributed by atoms with Gasteiger partial charge in [0.2, 0.25) is 5.95 Å². The molecule has 4 aromatic rings. The molecule has 1 aliphatic heterocycles. The summed E-state index contributed by atoms with van der Waals surface area (Å²) < 4.78 is 35.0. The molecule has 1 amide bonds. The van der Waals surface area contributed by atoms with E-state index in [1.165, 1.54) is 18.2 Å². The van der Waals surface area contributed by atoms with Gasteiger partial charge in [0.05, 0.1) is 33.0 Å². The van der Waals surface area contributed by atoms with Gasteiger partial charge in [-0.2, -0.15) is 0 Å². The van der Waals surface area contributed by atoms with Crippen LogP contribution in [0.5, 0.6) is 5.75 Å². The van der Waals surface area contributed by atoms with Gasteiger partial charge in [0.1, 0.15) is 23.0 Å². The van der Waals surface area contributed by atoms with Crippen molar-refractivity contribution in [2.75, 3.05) is 10.6 Å². The molecule has 1 saturated carbocycles. The summed E-state index contributed by atoms with van der Waals surface area (Å²) in [7, 11) is 0. The highest BCUT2D eigenvalue weighted by Crippen LogP contribution is 2.43. The fourth-order valence-corrected chi connectivity index (χ4v) is 4.90. The van der Waals surface area contributed by atoms with Gasteiger partial charge in [0.25, 0.3) is 5.91 Å². The number of para-hydroxylation sites is 1. The molecule has 0 bridgehead atoms. The van der Waals surface area contributed by atoms with Crippen LogP contribution in [0.15, 0.2) is 42.5 Å². The number of amides is 1. The topological polar surface area (TPSA) is 79.0 Å². The molecule has 0 atom stereocenters. The molecule has 3 N–H and O–H groups in total. The van der Waals surface area contributed by atoms with Gasteiger partial charge in [0, 0.05) is 12.0 Å². The minimum Gasteiger partial charge on any atom is -0.486 e. The number of imidazole rings is 1. The van der Waals surface area contributed by atoms with E-state index in [1.54, 1.807) is 24.3 Å². The van der Waals surface area contributed by atoms with Crippen molar-refractivity contribution in [2.24, 2.45) is 0 Å². The maximum atomic E-state index is 14.5. The Morgan fingerprint density at radius 2 is 1.97 bits per heavy atom. The molecule has 6 rings (SSSR count). The second-order valence-electron chi connectivity index (χ2n) is 9.94. The van der Waals surface area contributed by atoms with Crippen LogP contribution in [0.4, 0.5) is 26.1 Å². The maximum absolute atomic E-state index is 14.5. The zero-order chi connectivity index (χ0) is 25.2. The molecule has 0 spiro atoms. The minimum absolute atomic E-state index is 0.0930. The number of halogens is 3. The summed E-state index contributed by atoms with van der Waals surface area (Å²) in [5, 5.41) is 5.82. The van der Waals surface area contributed by atoms with E-state index < -0.39 is 23.1 Å². The first kappa shape index (κ1) is 22.8. The Hall–Kier alpha value is -3.65. The van der Waals surface area contributed by atoms with Crippen molar-refractivity contribution in [2.45, 2.75) is 44.6 Å². The molecule has 2 aliphatic rings. The van der Waals surface area contributed by atoms with Crippen molar-refractivity contribution in [1.29, 1.82) is 0 Å². The number of rotatable bonds is 5. The molecule has 1 aromatic heterocycles. The number of carbonyl (C=O) groups excluding carboxylic acids is 1. The standard InChI is InChI=1S/C27H23ClF2N4O2/c1-27(2)12-16-22-21(32-26(33-22)34-23-17(28)4-3-5-19(23)30)11-15(24(16)36-27)25(35)31-20-10-14(13-6-7-13)8-9-18(20)29/h3-5,8-11,13H,6-7,12H2,1-2H3,(H,31,35)(H2,32,33,34). The van der Waals surface area contributed by atoms with Gasteiger partial charge >= 0.3 is 0 Å². The molecular weight excluding hydrogens is 486 g/mol. The second-order valence-corrected chi connectivity index (χ2v) is 10.3. The van der Waals surface area contributed by atoms with Crippen LogP contribution < -0.4 is 15.4 Å². The average molecular weight is 509 g/mol. The molecule has 1 aliphatic carbocycles. The maximum Gasteiger partial charge on any atom is 0.259 e.